The summed E-state index contributed by atoms with van der Waals surface area (Å²) in [5.74, 6) is 1.28. The molecule has 14 nitrogen and oxygen atoms in total. The molecule has 0 radical (unpaired) electrons. The number of aromatic amines is 1. The van der Waals surface area contributed by atoms with Gasteiger partial charge in [0.05, 0.1) is 46.5 Å². The van der Waals surface area contributed by atoms with Crippen molar-refractivity contribution < 1.29 is 37.3 Å². The molecule has 12 rings (SSSR count). The molecule has 79 heavy (non-hydrogen) atoms. The van der Waals surface area contributed by atoms with Gasteiger partial charge in [-0.3, -0.25) is 23.4 Å². The second kappa shape index (κ2) is 20.8. The Morgan fingerprint density at radius 2 is 1.19 bits per heavy atom. The highest BCUT2D eigenvalue weighted by Gasteiger charge is 2.54. The Kier molecular flexibility index (Phi) is 13.7. The van der Waals surface area contributed by atoms with Gasteiger partial charge in [-0.25, -0.2) is 14.0 Å². The Balaban J connectivity index is 1.03. The first-order valence-corrected chi connectivity index (χ1v) is 28.1. The lowest BCUT2D eigenvalue weighted by Crippen LogP contribution is -2.44. The molecule has 0 spiro atoms. The maximum absolute atomic E-state index is 16.0. The summed E-state index contributed by atoms with van der Waals surface area (Å²) < 4.78 is 65.5. The third-order valence-electron chi connectivity index (χ3n) is 15.6. The molecule has 1 aliphatic rings. The van der Waals surface area contributed by atoms with Crippen molar-refractivity contribution in [1.82, 2.24) is 14.2 Å². The molecule has 0 aliphatic carbocycles. The summed E-state index contributed by atoms with van der Waals surface area (Å²) in [5, 5.41) is 23.5. The number of rotatable bonds is 20. The van der Waals surface area contributed by atoms with Crippen LogP contribution >= 0.6 is 7.75 Å². The summed E-state index contributed by atoms with van der Waals surface area (Å²) >= 11 is 0. The first-order chi connectivity index (χ1) is 38.3. The number of methoxy groups -OCH3 is 2. The van der Waals surface area contributed by atoms with E-state index in [2.05, 4.69) is 77.8 Å². The Labute approximate surface area is 456 Å². The minimum Gasteiger partial charge on any atom is -0.497 e. The number of hydrogen-bond donors (Lipinski definition) is 1. The molecule has 1 fully saturated rings. The van der Waals surface area contributed by atoms with Gasteiger partial charge in [0.2, 0.25) is 0 Å². The van der Waals surface area contributed by atoms with E-state index in [0.717, 1.165) is 54.6 Å². The molecule has 1 N–H and O–H groups in total. The quantitative estimate of drug-likeness (QED) is 0.0253. The van der Waals surface area contributed by atoms with Crippen molar-refractivity contribution in [2.75, 3.05) is 27.4 Å². The zero-order valence-corrected chi connectivity index (χ0v) is 45.6. The second-order valence-corrected chi connectivity index (χ2v) is 22.7. The van der Waals surface area contributed by atoms with Crippen LogP contribution in [0.25, 0.3) is 64.6 Å². The smallest absolute Gasteiger partial charge is 0.409 e. The van der Waals surface area contributed by atoms with E-state index in [9.17, 15) is 14.9 Å². The molecule has 1 aromatic heterocycles. The number of nitrogens with zero attached hydrogens (tertiary/aromatic N) is 3. The first kappa shape index (κ1) is 52.0. The Morgan fingerprint density at radius 3 is 1.72 bits per heavy atom. The predicted molar refractivity (Wildman–Crippen MR) is 308 cm³/mol. The average Bonchev–Trinajstić information content (AvgIpc) is 2.86. The van der Waals surface area contributed by atoms with E-state index in [-0.39, 0.29) is 38.3 Å². The van der Waals surface area contributed by atoms with E-state index < -0.39 is 49.1 Å². The van der Waals surface area contributed by atoms with Crippen molar-refractivity contribution in [1.29, 1.82) is 5.26 Å². The van der Waals surface area contributed by atoms with Gasteiger partial charge in [-0.2, -0.15) is 5.26 Å². The molecule has 10 aromatic carbocycles. The van der Waals surface area contributed by atoms with Gasteiger partial charge in [0.15, 0.2) is 6.23 Å². The van der Waals surface area contributed by atoms with Crippen molar-refractivity contribution in [3.05, 3.63) is 201 Å². The summed E-state index contributed by atoms with van der Waals surface area (Å²) in [5.41, 5.74) is 0.420. The molecular formula is C64H59N4O10P. The maximum Gasteiger partial charge on any atom is 0.409 e. The van der Waals surface area contributed by atoms with Crippen LogP contribution < -0.4 is 20.7 Å². The third kappa shape index (κ3) is 8.87. The van der Waals surface area contributed by atoms with Crippen LogP contribution in [0.4, 0.5) is 0 Å². The number of ether oxygens (including phenoxy) is 5. The van der Waals surface area contributed by atoms with Gasteiger partial charge in [-0.1, -0.05) is 115 Å². The topological polar surface area (TPSA) is 164 Å². The molecule has 15 heteroatoms. The highest BCUT2D eigenvalue weighted by Crippen LogP contribution is 2.58. The normalized spacial score (nSPS) is 17.9. The van der Waals surface area contributed by atoms with Gasteiger partial charge < -0.3 is 23.7 Å². The Hall–Kier alpha value is -7.70. The van der Waals surface area contributed by atoms with Gasteiger partial charge >= 0.3 is 13.4 Å². The molecular weight excluding hydrogens is 1020 g/mol. The summed E-state index contributed by atoms with van der Waals surface area (Å²) in [7, 11) is -1.20. The predicted octanol–water partition coefficient (Wildman–Crippen LogP) is 12.8. The number of H-pyrrole nitrogens is 1. The van der Waals surface area contributed by atoms with Crippen molar-refractivity contribution in [2.45, 2.75) is 82.9 Å². The van der Waals surface area contributed by atoms with Crippen molar-refractivity contribution in [2.24, 2.45) is 0 Å². The summed E-state index contributed by atoms with van der Waals surface area (Å²) in [4.78, 5) is 29.3. The SMILES string of the molecule is COc1ccc(C(OC[C@H]2O[C@@H](n3ccc(=O)[nH]c3=O)[C@H](OCc3cc4ccc5ccc6ccc7ccc8ccc3c3c8c7c6c5c43)[C@@H]2OP(=O)(OCCC#N)N(C(C)C)C(C)C)(c2ccccc2)c2ccc(OC)cc2)cc1. The maximum atomic E-state index is 16.0. The molecule has 2 heterocycles. The molecule has 5 atom stereocenters. The van der Waals surface area contributed by atoms with Crippen molar-refractivity contribution in [3.8, 4) is 17.6 Å². The summed E-state index contributed by atoms with van der Waals surface area (Å²) in [6.07, 6.45) is -3.66. The van der Waals surface area contributed by atoms with Gasteiger partial charge in [-0.05, 0) is 145 Å². The van der Waals surface area contributed by atoms with Gasteiger partial charge in [0, 0.05) is 24.3 Å². The van der Waals surface area contributed by atoms with Crippen LogP contribution in [0.1, 0.15) is 62.6 Å². The number of benzene rings is 10. The molecule has 1 aliphatic heterocycles. The molecule has 1 saturated heterocycles. The number of hydrogen-bond acceptors (Lipinski definition) is 11. The Bertz CT molecular complexity index is 4080. The van der Waals surface area contributed by atoms with E-state index in [1.165, 1.54) is 49.1 Å². The lowest BCUT2D eigenvalue weighted by atomic mass is 9.80. The fourth-order valence-electron chi connectivity index (χ4n) is 12.3. The van der Waals surface area contributed by atoms with Crippen LogP contribution in [0.5, 0.6) is 11.5 Å². The zero-order chi connectivity index (χ0) is 54.7. The van der Waals surface area contributed by atoms with Gasteiger partial charge in [-0.15, -0.1) is 0 Å². The fraction of sp³-hybridized carbons (Fsp3) is 0.266. The summed E-state index contributed by atoms with van der Waals surface area (Å²) in [6, 6.07) is 51.6. The molecule has 1 unspecified atom stereocenters. The van der Waals surface area contributed by atoms with Crippen LogP contribution in [0.15, 0.2) is 167 Å². The number of aromatic nitrogens is 2. The second-order valence-electron chi connectivity index (χ2n) is 20.8. The van der Waals surface area contributed by atoms with E-state index in [1.807, 2.05) is 107 Å². The molecule has 0 amide bonds. The van der Waals surface area contributed by atoms with Crippen molar-refractivity contribution in [3.63, 3.8) is 0 Å². The van der Waals surface area contributed by atoms with E-state index in [0.29, 0.717) is 11.5 Å². The van der Waals surface area contributed by atoms with Gasteiger partial charge in [0.25, 0.3) is 5.56 Å². The fourth-order valence-corrected chi connectivity index (χ4v) is 14.6. The monoisotopic (exact) mass is 1070 g/mol. The van der Waals surface area contributed by atoms with Crippen molar-refractivity contribution >= 4 is 72.4 Å². The third-order valence-corrected chi connectivity index (χ3v) is 18.1. The van der Waals surface area contributed by atoms with Crippen LogP contribution in [0.2, 0.25) is 0 Å². The molecule has 11 aromatic rings. The number of nitrogens with one attached hydrogen (secondary N) is 1. The molecule has 0 bridgehead atoms. The average molecular weight is 1080 g/mol. The molecule has 0 saturated carbocycles. The van der Waals surface area contributed by atoms with Crippen LogP contribution in [0, 0.1) is 11.3 Å². The summed E-state index contributed by atoms with van der Waals surface area (Å²) in [6.45, 7) is 7.13. The first-order valence-electron chi connectivity index (χ1n) is 26.6. The van der Waals surface area contributed by atoms with Gasteiger partial charge in [0.1, 0.15) is 35.4 Å². The van der Waals surface area contributed by atoms with E-state index in [1.54, 1.807) is 18.9 Å². The van der Waals surface area contributed by atoms with Crippen LogP contribution in [-0.4, -0.2) is 72.1 Å². The lowest BCUT2D eigenvalue weighted by molar-refractivity contribution is -0.0989. The lowest BCUT2D eigenvalue weighted by Gasteiger charge is -2.39. The van der Waals surface area contributed by atoms with E-state index in [4.69, 9.17) is 32.7 Å². The van der Waals surface area contributed by atoms with Crippen LogP contribution in [-0.2, 0) is 40.0 Å². The Morgan fingerprint density at radius 1 is 0.671 bits per heavy atom. The minimum atomic E-state index is -4.42. The zero-order valence-electron chi connectivity index (χ0n) is 44.7. The number of nitriles is 1. The molecule has 400 valence electrons. The highest BCUT2D eigenvalue weighted by molar-refractivity contribution is 7.51. The van der Waals surface area contributed by atoms with Crippen LogP contribution in [0.3, 0.4) is 0 Å². The largest absolute Gasteiger partial charge is 0.497 e. The highest BCUT2D eigenvalue weighted by atomic mass is 31.2. The minimum absolute atomic E-state index is 0.0167. The standard InChI is InChI=1S/C64H59N4O10P/c1-38(2)68(39(3)4)79(71,76-34-10-32-65)78-60-52(37-75-64(46-11-8-7-9-12-46,47-22-26-49(72-5)27-23-47)48-24-28-50(73-6)29-25-48)77-62(67-33-31-53(69)66-63(67)70)61(60)74-36-45-35-44-20-19-42-16-14-40-13-15-41-17-18-43-21-30-51(45)59-57(43)55(41)54(40)56(42)58(44)59/h7-9,11-31,33,35,38-39,52,60-62H,10,34,36-37H2,1-6H3,(H,66,69,70)/t52-,60-,61-,62-,79?/m1/s1. The van der Waals surface area contributed by atoms with E-state index >= 15 is 4.57 Å².